The Morgan fingerprint density at radius 3 is 2.92 bits per heavy atom. The zero-order valence-electron chi connectivity index (χ0n) is 7.40. The lowest BCUT2D eigenvalue weighted by Crippen LogP contribution is -2.42. The van der Waals surface area contributed by atoms with E-state index >= 15 is 0 Å². The van der Waals surface area contributed by atoms with E-state index in [0.717, 1.165) is 6.42 Å². The summed E-state index contributed by atoms with van der Waals surface area (Å²) in [6.07, 6.45) is 2.73. The van der Waals surface area contributed by atoms with E-state index in [1.165, 1.54) is 0 Å². The highest BCUT2D eigenvalue weighted by Crippen LogP contribution is 2.30. The molecule has 2 atom stereocenters. The van der Waals surface area contributed by atoms with Crippen molar-refractivity contribution in [1.29, 1.82) is 0 Å². The normalized spacial score (nSPS) is 33.2. The van der Waals surface area contributed by atoms with Gasteiger partial charge in [-0.15, -0.1) is 0 Å². The predicted molar refractivity (Wildman–Crippen MR) is 45.1 cm³/mol. The number of amides is 1. The molecule has 13 heavy (non-hydrogen) atoms. The molecule has 4 nitrogen and oxygen atoms in total. The van der Waals surface area contributed by atoms with Crippen LogP contribution >= 0.6 is 0 Å². The zero-order valence-corrected chi connectivity index (χ0v) is 7.40. The average molecular weight is 183 g/mol. The Morgan fingerprint density at radius 2 is 2.23 bits per heavy atom. The molecule has 0 aromatic carbocycles. The summed E-state index contributed by atoms with van der Waals surface area (Å²) in [5.41, 5.74) is 0. The largest absolute Gasteiger partial charge is 0.481 e. The minimum absolute atomic E-state index is 0.203. The molecule has 0 radical (unpaired) electrons. The van der Waals surface area contributed by atoms with Gasteiger partial charge in [-0.1, -0.05) is 0 Å². The minimum Gasteiger partial charge on any atom is -0.481 e. The highest BCUT2D eigenvalue weighted by Gasteiger charge is 2.38. The van der Waals surface area contributed by atoms with Crippen LogP contribution in [0.4, 0.5) is 0 Å². The number of hydrogen-bond acceptors (Lipinski definition) is 2. The fourth-order valence-electron chi connectivity index (χ4n) is 2.31. The summed E-state index contributed by atoms with van der Waals surface area (Å²) in [5, 5.41) is 8.82. The van der Waals surface area contributed by atoms with Crippen LogP contribution in [0, 0.1) is 5.92 Å². The monoisotopic (exact) mass is 183 g/mol. The summed E-state index contributed by atoms with van der Waals surface area (Å²) < 4.78 is 0. The van der Waals surface area contributed by atoms with Gasteiger partial charge in [0.15, 0.2) is 0 Å². The van der Waals surface area contributed by atoms with Gasteiger partial charge in [0, 0.05) is 19.0 Å². The second-order valence-electron chi connectivity index (χ2n) is 3.84. The Labute approximate surface area is 76.5 Å². The minimum atomic E-state index is -0.709. The molecular formula is C9H13NO3. The van der Waals surface area contributed by atoms with Crippen LogP contribution in [0.2, 0.25) is 0 Å². The van der Waals surface area contributed by atoms with Gasteiger partial charge in [0.2, 0.25) is 5.91 Å². The van der Waals surface area contributed by atoms with Gasteiger partial charge in [-0.25, -0.2) is 0 Å². The lowest BCUT2D eigenvalue weighted by Gasteiger charge is -2.32. The van der Waals surface area contributed by atoms with Gasteiger partial charge in [-0.3, -0.25) is 9.59 Å². The molecule has 2 aliphatic heterocycles. The molecular weight excluding hydrogens is 170 g/mol. The standard InChI is InChI=1S/C9H13NO3/c11-8-2-1-7-5-6(9(12)13)3-4-10(7)8/h6-7H,1-5H2,(H,12,13)/t6-,7-/m0/s1. The maximum Gasteiger partial charge on any atom is 0.306 e. The van der Waals surface area contributed by atoms with Gasteiger partial charge in [0.1, 0.15) is 0 Å². The van der Waals surface area contributed by atoms with E-state index in [0.29, 0.717) is 25.8 Å². The third kappa shape index (κ3) is 1.41. The first-order valence-electron chi connectivity index (χ1n) is 4.71. The van der Waals surface area contributed by atoms with Crippen LogP contribution in [0.5, 0.6) is 0 Å². The number of carboxylic acid groups (broad SMARTS) is 1. The Hall–Kier alpha value is -1.06. The summed E-state index contributed by atoms with van der Waals surface area (Å²) in [5.74, 6) is -0.736. The van der Waals surface area contributed by atoms with Crippen molar-refractivity contribution in [2.24, 2.45) is 5.92 Å². The molecule has 2 rings (SSSR count). The lowest BCUT2D eigenvalue weighted by atomic mass is 9.91. The fraction of sp³-hybridized carbons (Fsp3) is 0.778. The molecule has 72 valence electrons. The number of nitrogens with zero attached hydrogens (tertiary/aromatic N) is 1. The molecule has 0 bridgehead atoms. The third-order valence-electron chi connectivity index (χ3n) is 3.08. The molecule has 1 N–H and O–H groups in total. The maximum absolute atomic E-state index is 11.3. The van der Waals surface area contributed by atoms with Gasteiger partial charge >= 0.3 is 5.97 Å². The maximum atomic E-state index is 11.3. The number of carboxylic acids is 1. The van der Waals surface area contributed by atoms with Crippen LogP contribution in [0.15, 0.2) is 0 Å². The van der Waals surface area contributed by atoms with E-state index in [-0.39, 0.29) is 17.9 Å². The lowest BCUT2D eigenvalue weighted by molar-refractivity contribution is -0.145. The molecule has 2 fully saturated rings. The summed E-state index contributed by atoms with van der Waals surface area (Å²) in [6.45, 7) is 0.639. The first kappa shape index (κ1) is 8.53. The molecule has 0 aliphatic carbocycles. The number of fused-ring (bicyclic) bond motifs is 1. The first-order valence-corrected chi connectivity index (χ1v) is 4.71. The van der Waals surface area contributed by atoms with Crippen LogP contribution < -0.4 is 0 Å². The first-order chi connectivity index (χ1) is 6.18. The molecule has 4 heteroatoms. The average Bonchev–Trinajstić information content (AvgIpc) is 2.47. The fourth-order valence-corrected chi connectivity index (χ4v) is 2.31. The number of aliphatic carboxylic acids is 1. The van der Waals surface area contributed by atoms with Crippen LogP contribution in [-0.2, 0) is 9.59 Å². The van der Waals surface area contributed by atoms with Gasteiger partial charge in [-0.05, 0) is 19.3 Å². The molecule has 0 aromatic heterocycles. The number of rotatable bonds is 1. The van der Waals surface area contributed by atoms with Crippen molar-refractivity contribution in [1.82, 2.24) is 4.90 Å². The van der Waals surface area contributed by atoms with Crippen molar-refractivity contribution >= 4 is 11.9 Å². The Balaban J connectivity index is 2.03. The SMILES string of the molecule is O=C(O)[C@H]1CCN2C(=O)CC[C@H]2C1. The van der Waals surface area contributed by atoms with Crippen molar-refractivity contribution < 1.29 is 14.7 Å². The van der Waals surface area contributed by atoms with Crippen molar-refractivity contribution in [2.45, 2.75) is 31.7 Å². The van der Waals surface area contributed by atoms with Crippen molar-refractivity contribution in [2.75, 3.05) is 6.54 Å². The smallest absolute Gasteiger partial charge is 0.306 e. The summed E-state index contributed by atoms with van der Waals surface area (Å²) >= 11 is 0. The van der Waals surface area contributed by atoms with Gasteiger partial charge < -0.3 is 10.0 Å². The van der Waals surface area contributed by atoms with Crippen molar-refractivity contribution in [3.63, 3.8) is 0 Å². The second kappa shape index (κ2) is 3.01. The Bertz CT molecular complexity index is 251. The third-order valence-corrected chi connectivity index (χ3v) is 3.08. The number of piperidine rings is 1. The quantitative estimate of drug-likeness (QED) is 0.643. The van der Waals surface area contributed by atoms with Crippen LogP contribution in [0.1, 0.15) is 25.7 Å². The second-order valence-corrected chi connectivity index (χ2v) is 3.84. The summed E-state index contributed by atoms with van der Waals surface area (Å²) in [4.78, 5) is 23.8. The summed E-state index contributed by atoms with van der Waals surface area (Å²) in [7, 11) is 0. The molecule has 1 amide bonds. The number of carbonyl (C=O) groups is 2. The zero-order chi connectivity index (χ0) is 9.42. The highest BCUT2D eigenvalue weighted by atomic mass is 16.4. The van der Waals surface area contributed by atoms with Crippen LogP contribution in [0.25, 0.3) is 0 Å². The van der Waals surface area contributed by atoms with Crippen molar-refractivity contribution in [3.05, 3.63) is 0 Å². The van der Waals surface area contributed by atoms with E-state index in [2.05, 4.69) is 0 Å². The van der Waals surface area contributed by atoms with E-state index in [4.69, 9.17) is 5.11 Å². The van der Waals surface area contributed by atoms with Crippen LogP contribution in [-0.4, -0.2) is 34.5 Å². The molecule has 2 heterocycles. The number of hydrogen-bond donors (Lipinski definition) is 1. The van der Waals surface area contributed by atoms with Crippen LogP contribution in [0.3, 0.4) is 0 Å². The summed E-state index contributed by atoms with van der Waals surface area (Å²) in [6, 6.07) is 0.211. The van der Waals surface area contributed by atoms with E-state index < -0.39 is 5.97 Å². The van der Waals surface area contributed by atoms with Crippen molar-refractivity contribution in [3.8, 4) is 0 Å². The molecule has 0 spiro atoms. The van der Waals surface area contributed by atoms with Gasteiger partial charge in [0.05, 0.1) is 5.92 Å². The molecule has 0 unspecified atom stereocenters. The highest BCUT2D eigenvalue weighted by molar-refractivity contribution is 5.79. The molecule has 2 aliphatic rings. The Kier molecular flexibility index (Phi) is 1.98. The van der Waals surface area contributed by atoms with E-state index in [9.17, 15) is 9.59 Å². The van der Waals surface area contributed by atoms with E-state index in [1.54, 1.807) is 0 Å². The molecule has 2 saturated heterocycles. The van der Waals surface area contributed by atoms with E-state index in [1.807, 2.05) is 4.90 Å². The molecule has 0 saturated carbocycles. The predicted octanol–water partition coefficient (Wildman–Crippen LogP) is 0.472. The van der Waals surface area contributed by atoms with Gasteiger partial charge in [0.25, 0.3) is 0 Å². The Morgan fingerprint density at radius 1 is 1.46 bits per heavy atom. The number of carbonyl (C=O) groups excluding carboxylic acids is 1. The molecule has 0 aromatic rings. The van der Waals surface area contributed by atoms with Gasteiger partial charge in [-0.2, -0.15) is 0 Å². The topological polar surface area (TPSA) is 57.6 Å².